The number of carbonyl (C=O) groups is 1. The summed E-state index contributed by atoms with van der Waals surface area (Å²) in [6.45, 7) is 6.42. The molecule has 0 saturated carbocycles. The number of halogens is 1. The van der Waals surface area contributed by atoms with E-state index in [-0.39, 0.29) is 5.91 Å². The summed E-state index contributed by atoms with van der Waals surface area (Å²) in [6, 6.07) is 10.1. The third-order valence-corrected chi connectivity index (χ3v) is 4.66. The average molecular weight is 381 g/mol. The second-order valence-corrected chi connectivity index (χ2v) is 6.80. The Morgan fingerprint density at radius 2 is 1.93 bits per heavy atom. The van der Waals surface area contributed by atoms with E-state index in [2.05, 4.69) is 46.6 Å². The largest absolute Gasteiger partial charge is 0.321 e. The maximum atomic E-state index is 12.2. The molecule has 1 amide bonds. The Labute approximate surface area is 163 Å². The first kappa shape index (κ1) is 18.9. The third kappa shape index (κ3) is 4.63. The van der Waals surface area contributed by atoms with Gasteiger partial charge in [-0.15, -0.1) is 0 Å². The van der Waals surface area contributed by atoms with Crippen molar-refractivity contribution >= 4 is 29.3 Å². The third-order valence-electron chi connectivity index (χ3n) is 4.26. The monoisotopic (exact) mass is 380 g/mol. The van der Waals surface area contributed by atoms with Gasteiger partial charge in [0.15, 0.2) is 0 Å². The van der Waals surface area contributed by atoms with Crippen molar-refractivity contribution in [3.8, 4) is 0 Å². The van der Waals surface area contributed by atoms with Gasteiger partial charge in [-0.05, 0) is 44.0 Å². The molecule has 1 aromatic carbocycles. The zero-order valence-corrected chi connectivity index (χ0v) is 16.3. The Hall–Kier alpha value is -2.92. The van der Waals surface area contributed by atoms with Crippen LogP contribution in [0, 0.1) is 20.8 Å². The molecule has 1 N–H and O–H groups in total. The molecule has 0 unspecified atom stereocenters. The number of aryl methyl sites for hydroxylation is 3. The Morgan fingerprint density at radius 3 is 2.63 bits per heavy atom. The smallest absolute Gasteiger partial charge is 0.248 e. The van der Waals surface area contributed by atoms with Crippen molar-refractivity contribution in [3.05, 3.63) is 81.9 Å². The van der Waals surface area contributed by atoms with Crippen molar-refractivity contribution in [1.29, 1.82) is 0 Å². The predicted octanol–water partition coefficient (Wildman–Crippen LogP) is 4.56. The van der Waals surface area contributed by atoms with E-state index in [1.807, 2.05) is 19.9 Å². The maximum absolute atomic E-state index is 12.2. The van der Waals surface area contributed by atoms with Crippen molar-refractivity contribution in [2.45, 2.75) is 27.3 Å². The fourth-order valence-electron chi connectivity index (χ4n) is 2.66. The first-order valence-corrected chi connectivity index (χ1v) is 9.00. The number of rotatable bonds is 5. The highest BCUT2D eigenvalue weighted by molar-refractivity contribution is 6.31. The van der Waals surface area contributed by atoms with Crippen LogP contribution < -0.4 is 5.32 Å². The Kier molecular flexibility index (Phi) is 5.72. The quantitative estimate of drug-likeness (QED) is 0.660. The van der Waals surface area contributed by atoms with Gasteiger partial charge < -0.3 is 5.32 Å². The van der Waals surface area contributed by atoms with Crippen molar-refractivity contribution in [2.75, 3.05) is 5.32 Å². The molecule has 3 rings (SSSR count). The number of hydrogen-bond acceptors (Lipinski definition) is 3. The van der Waals surface area contributed by atoms with E-state index < -0.39 is 0 Å². The maximum Gasteiger partial charge on any atom is 0.248 e. The molecule has 0 aliphatic carbocycles. The molecular weight excluding hydrogens is 360 g/mol. The van der Waals surface area contributed by atoms with E-state index in [4.69, 9.17) is 11.6 Å². The van der Waals surface area contributed by atoms with E-state index >= 15 is 0 Å². The van der Waals surface area contributed by atoms with Gasteiger partial charge in [-0.2, -0.15) is 5.10 Å². The van der Waals surface area contributed by atoms with Gasteiger partial charge in [0, 0.05) is 17.8 Å². The highest BCUT2D eigenvalue weighted by Crippen LogP contribution is 2.22. The molecule has 0 atom stereocenters. The van der Waals surface area contributed by atoms with E-state index in [1.165, 1.54) is 11.6 Å². The van der Waals surface area contributed by atoms with Crippen molar-refractivity contribution in [3.63, 3.8) is 0 Å². The summed E-state index contributed by atoms with van der Waals surface area (Å²) >= 11 is 6.49. The summed E-state index contributed by atoms with van der Waals surface area (Å²) in [4.78, 5) is 16.2. The molecule has 0 spiro atoms. The second-order valence-electron chi connectivity index (χ2n) is 6.45. The highest BCUT2D eigenvalue weighted by Gasteiger charge is 2.12. The zero-order valence-electron chi connectivity index (χ0n) is 15.5. The first-order valence-electron chi connectivity index (χ1n) is 8.62. The van der Waals surface area contributed by atoms with Gasteiger partial charge in [-0.3, -0.25) is 9.78 Å². The lowest BCUT2D eigenvalue weighted by Gasteiger charge is -2.05. The summed E-state index contributed by atoms with van der Waals surface area (Å²) in [5, 5.41) is 7.82. The van der Waals surface area contributed by atoms with Gasteiger partial charge in [0.1, 0.15) is 5.15 Å². The molecule has 2 aromatic heterocycles. The molecule has 0 saturated heterocycles. The molecule has 0 radical (unpaired) electrons. The molecule has 27 heavy (non-hydrogen) atoms. The average Bonchev–Trinajstić information content (AvgIpc) is 2.90. The van der Waals surface area contributed by atoms with Crippen LogP contribution in [0.4, 0.5) is 5.69 Å². The van der Waals surface area contributed by atoms with Crippen LogP contribution in [0.3, 0.4) is 0 Å². The second kappa shape index (κ2) is 8.18. The number of amides is 1. The number of anilines is 1. The van der Waals surface area contributed by atoms with Crippen LogP contribution in [0.15, 0.2) is 48.8 Å². The SMILES string of the molecule is Cc1ccc(Cn2nc(C)c(/C=C/C(=O)Nc3cnccc3C)c2Cl)cc1. The van der Waals surface area contributed by atoms with Crippen LogP contribution in [0.25, 0.3) is 6.08 Å². The summed E-state index contributed by atoms with van der Waals surface area (Å²) in [7, 11) is 0. The molecule has 0 fully saturated rings. The molecule has 0 aliphatic rings. The number of hydrogen-bond donors (Lipinski definition) is 1. The minimum atomic E-state index is -0.243. The van der Waals surface area contributed by atoms with Crippen molar-refractivity contribution in [2.24, 2.45) is 0 Å². The van der Waals surface area contributed by atoms with E-state index in [1.54, 1.807) is 23.2 Å². The minimum absolute atomic E-state index is 0.243. The summed E-state index contributed by atoms with van der Waals surface area (Å²) in [5.74, 6) is -0.243. The topological polar surface area (TPSA) is 59.8 Å². The molecule has 2 heterocycles. The Balaban J connectivity index is 1.74. The van der Waals surface area contributed by atoms with E-state index in [0.717, 1.165) is 22.4 Å². The number of nitrogens with zero attached hydrogens (tertiary/aromatic N) is 3. The van der Waals surface area contributed by atoms with Crippen LogP contribution in [-0.4, -0.2) is 20.7 Å². The van der Waals surface area contributed by atoms with Crippen LogP contribution in [0.2, 0.25) is 5.15 Å². The first-order chi connectivity index (χ1) is 12.9. The molecular formula is C21H21ClN4O. The summed E-state index contributed by atoms with van der Waals surface area (Å²) in [6.07, 6.45) is 6.46. The Bertz CT molecular complexity index is 990. The van der Waals surface area contributed by atoms with Crippen LogP contribution in [0.5, 0.6) is 0 Å². The van der Waals surface area contributed by atoms with Crippen molar-refractivity contribution < 1.29 is 4.79 Å². The Morgan fingerprint density at radius 1 is 1.19 bits per heavy atom. The fourth-order valence-corrected chi connectivity index (χ4v) is 2.95. The molecule has 138 valence electrons. The molecule has 6 heteroatoms. The van der Waals surface area contributed by atoms with E-state index in [0.29, 0.717) is 17.4 Å². The molecule has 0 bridgehead atoms. The van der Waals surface area contributed by atoms with Crippen LogP contribution in [-0.2, 0) is 11.3 Å². The lowest BCUT2D eigenvalue weighted by molar-refractivity contribution is -0.111. The van der Waals surface area contributed by atoms with Crippen LogP contribution >= 0.6 is 11.6 Å². The standard InChI is InChI=1S/C21H21ClN4O/c1-14-4-6-17(7-5-14)13-26-21(22)18(16(3)25-26)8-9-20(27)24-19-12-23-11-10-15(19)2/h4-12H,13H2,1-3H3,(H,24,27)/b9-8+. The number of pyridine rings is 1. The molecule has 0 aliphatic heterocycles. The summed E-state index contributed by atoms with van der Waals surface area (Å²) < 4.78 is 1.74. The summed E-state index contributed by atoms with van der Waals surface area (Å²) in [5.41, 5.74) is 5.47. The molecule has 3 aromatic rings. The van der Waals surface area contributed by atoms with Crippen LogP contribution in [0.1, 0.15) is 27.9 Å². The van der Waals surface area contributed by atoms with Gasteiger partial charge in [-0.1, -0.05) is 41.4 Å². The normalized spacial score (nSPS) is 11.1. The predicted molar refractivity (Wildman–Crippen MR) is 109 cm³/mol. The van der Waals surface area contributed by atoms with Gasteiger partial charge >= 0.3 is 0 Å². The zero-order chi connectivity index (χ0) is 19.4. The number of benzene rings is 1. The van der Waals surface area contributed by atoms with Gasteiger partial charge in [-0.25, -0.2) is 4.68 Å². The number of nitrogens with one attached hydrogen (secondary N) is 1. The molecule has 5 nitrogen and oxygen atoms in total. The van der Waals surface area contributed by atoms with Gasteiger partial charge in [0.2, 0.25) is 5.91 Å². The lowest BCUT2D eigenvalue weighted by atomic mass is 10.1. The number of aromatic nitrogens is 3. The fraction of sp³-hybridized carbons (Fsp3) is 0.190. The lowest BCUT2D eigenvalue weighted by Crippen LogP contribution is -2.09. The minimum Gasteiger partial charge on any atom is -0.321 e. The number of carbonyl (C=O) groups excluding carboxylic acids is 1. The van der Waals surface area contributed by atoms with Gasteiger partial charge in [0.25, 0.3) is 0 Å². The van der Waals surface area contributed by atoms with Gasteiger partial charge in [0.05, 0.1) is 24.1 Å². The van der Waals surface area contributed by atoms with E-state index in [9.17, 15) is 4.79 Å². The van der Waals surface area contributed by atoms with Crippen molar-refractivity contribution in [1.82, 2.24) is 14.8 Å². The highest BCUT2D eigenvalue weighted by atomic mass is 35.5.